The Balaban J connectivity index is 0.000000535. The Morgan fingerprint density at radius 2 is 0.903 bits per heavy atom. The van der Waals surface area contributed by atoms with Gasteiger partial charge in [0.1, 0.15) is 11.5 Å². The minimum absolute atomic E-state index is 0.249. The quantitative estimate of drug-likeness (QED) is 0.466. The molecule has 0 bridgehead atoms. The number of carbonyl (C=O) groups excluding carboxylic acids is 1. The largest absolute Gasteiger partial charge is 0.652 e. The van der Waals surface area contributed by atoms with Crippen molar-refractivity contribution in [3.63, 3.8) is 0 Å². The molecule has 0 spiro atoms. The molecule has 31 heavy (non-hydrogen) atoms. The van der Waals surface area contributed by atoms with Crippen molar-refractivity contribution >= 4 is 6.16 Å². The fourth-order valence-corrected chi connectivity index (χ4v) is 4.45. The Bertz CT molecular complexity index is 1130. The van der Waals surface area contributed by atoms with Gasteiger partial charge in [0.15, 0.2) is 0 Å². The van der Waals surface area contributed by atoms with E-state index < -0.39 is 11.6 Å². The zero-order chi connectivity index (χ0) is 22.0. The van der Waals surface area contributed by atoms with E-state index in [2.05, 4.69) is 48.5 Å². The van der Waals surface area contributed by atoms with Crippen molar-refractivity contribution in [1.82, 2.24) is 0 Å². The van der Waals surface area contributed by atoms with Crippen LogP contribution in [0.25, 0.3) is 11.1 Å². The van der Waals surface area contributed by atoms with E-state index in [1.54, 1.807) is 24.3 Å². The number of fused-ring (bicyclic) bond motifs is 3. The zero-order valence-electron chi connectivity index (χ0n) is 16.4. The number of rotatable bonds is 2. The molecular weight excluding hydrogens is 392 g/mol. The van der Waals surface area contributed by atoms with Gasteiger partial charge in [0, 0.05) is 0 Å². The number of hydrogen-bond donors (Lipinski definition) is 2. The monoisotopic (exact) mass is 410 g/mol. The van der Waals surface area contributed by atoms with Crippen molar-refractivity contribution in [2.45, 2.75) is 5.41 Å². The lowest BCUT2D eigenvalue weighted by Crippen LogP contribution is -2.37. The molecule has 5 rings (SSSR count). The van der Waals surface area contributed by atoms with Gasteiger partial charge in [-0.15, -0.1) is 0 Å². The van der Waals surface area contributed by atoms with Gasteiger partial charge in [0.05, 0.1) is 5.41 Å². The second-order valence-corrected chi connectivity index (χ2v) is 7.18. The minimum Gasteiger partial charge on any atom is -0.652 e. The highest BCUT2D eigenvalue weighted by Crippen LogP contribution is 2.56. The maximum absolute atomic E-state index is 9.85. The predicted molar refractivity (Wildman–Crippen MR) is 112 cm³/mol. The number of benzene rings is 4. The van der Waals surface area contributed by atoms with Crippen molar-refractivity contribution in [3.05, 3.63) is 119 Å². The normalized spacial score (nSPS) is 12.8. The van der Waals surface area contributed by atoms with Crippen molar-refractivity contribution in [1.29, 1.82) is 0 Å². The van der Waals surface area contributed by atoms with Crippen LogP contribution in [0.4, 0.5) is 4.79 Å². The first kappa shape index (κ1) is 20.0. The van der Waals surface area contributed by atoms with Gasteiger partial charge in [-0.2, -0.15) is 0 Å². The molecule has 0 saturated heterocycles. The van der Waals surface area contributed by atoms with Gasteiger partial charge in [-0.05, 0) is 63.8 Å². The van der Waals surface area contributed by atoms with Gasteiger partial charge in [-0.3, -0.25) is 0 Å². The van der Waals surface area contributed by atoms with Crippen LogP contribution in [0.2, 0.25) is 0 Å². The Morgan fingerprint density at radius 3 is 1.26 bits per heavy atom. The van der Waals surface area contributed by atoms with E-state index in [-0.39, 0.29) is 11.5 Å². The standard InChI is InChI=1S/C25H18O2.CH2O3/c26-19-13-9-17(10-14-19)25(18-11-15-20(27)16-12-18)23-7-3-1-5-21(23)22-6-2-4-8-24(22)25;2-1(3)4/h1-16,26-27H;(H2,2,3,4)/p-2. The van der Waals surface area contributed by atoms with Gasteiger partial charge in [0.2, 0.25) is 0 Å². The summed E-state index contributed by atoms with van der Waals surface area (Å²) >= 11 is 0. The molecular formula is C26H18O5-2. The summed E-state index contributed by atoms with van der Waals surface area (Å²) in [4.78, 5) is 8.33. The molecule has 0 fully saturated rings. The van der Waals surface area contributed by atoms with Crippen molar-refractivity contribution in [2.75, 3.05) is 0 Å². The molecule has 154 valence electrons. The van der Waals surface area contributed by atoms with Crippen LogP contribution in [0.1, 0.15) is 22.3 Å². The molecule has 4 aromatic carbocycles. The molecule has 0 radical (unpaired) electrons. The van der Waals surface area contributed by atoms with E-state index in [1.807, 2.05) is 24.3 Å². The van der Waals surface area contributed by atoms with Gasteiger partial charge < -0.3 is 25.2 Å². The van der Waals surface area contributed by atoms with Gasteiger partial charge in [-0.25, -0.2) is 0 Å². The molecule has 4 aromatic rings. The molecule has 0 atom stereocenters. The molecule has 5 nitrogen and oxygen atoms in total. The molecule has 0 heterocycles. The van der Waals surface area contributed by atoms with E-state index in [9.17, 15) is 10.2 Å². The Morgan fingerprint density at radius 1 is 0.581 bits per heavy atom. The van der Waals surface area contributed by atoms with Crippen LogP contribution >= 0.6 is 0 Å². The number of aromatic hydroxyl groups is 2. The Hall–Kier alpha value is -4.25. The first-order valence-electron chi connectivity index (χ1n) is 9.61. The highest BCUT2D eigenvalue weighted by molar-refractivity contribution is 5.86. The average Bonchev–Trinajstić information content (AvgIpc) is 3.06. The van der Waals surface area contributed by atoms with Crippen LogP contribution in [0.15, 0.2) is 97.1 Å². The van der Waals surface area contributed by atoms with Crippen LogP contribution in [0, 0.1) is 0 Å². The number of carbonyl (C=O) groups is 1. The third-order valence-electron chi connectivity index (χ3n) is 5.55. The summed E-state index contributed by atoms with van der Waals surface area (Å²) in [6, 6.07) is 31.9. The van der Waals surface area contributed by atoms with Crippen molar-refractivity contribution < 1.29 is 25.2 Å². The number of carboxylic acid groups (broad SMARTS) is 2. The number of hydrogen-bond acceptors (Lipinski definition) is 5. The number of phenolic OH excluding ortho intramolecular Hbond substituents is 2. The zero-order valence-corrected chi connectivity index (χ0v) is 16.4. The van der Waals surface area contributed by atoms with E-state index in [1.165, 1.54) is 22.3 Å². The lowest BCUT2D eigenvalue weighted by Gasteiger charge is -2.33. The topological polar surface area (TPSA) is 104 Å². The van der Waals surface area contributed by atoms with Gasteiger partial charge in [-0.1, -0.05) is 72.8 Å². The maximum Gasteiger partial charge on any atom is 0.115 e. The minimum atomic E-state index is -2.33. The fraction of sp³-hybridized carbons (Fsp3) is 0.0385. The summed E-state index contributed by atoms with van der Waals surface area (Å²) in [5.41, 5.74) is 6.54. The third kappa shape index (κ3) is 3.36. The predicted octanol–water partition coefficient (Wildman–Crippen LogP) is 3.01. The van der Waals surface area contributed by atoms with Crippen LogP contribution < -0.4 is 10.2 Å². The highest BCUT2D eigenvalue weighted by atomic mass is 16.6. The summed E-state index contributed by atoms with van der Waals surface area (Å²) < 4.78 is 0. The molecule has 0 unspecified atom stereocenters. The highest BCUT2D eigenvalue weighted by Gasteiger charge is 2.45. The summed E-state index contributed by atoms with van der Waals surface area (Å²) in [6.07, 6.45) is -2.33. The van der Waals surface area contributed by atoms with Crippen molar-refractivity contribution in [2.24, 2.45) is 0 Å². The SMILES string of the molecule is O=C([O-])[O-].Oc1ccc(C2(c3ccc(O)cc3)c3ccccc3-c3ccccc32)cc1. The summed E-state index contributed by atoms with van der Waals surface area (Å²) in [7, 11) is 0. The second-order valence-electron chi connectivity index (χ2n) is 7.18. The molecule has 1 aliphatic carbocycles. The molecule has 0 amide bonds. The molecule has 5 heteroatoms. The third-order valence-corrected chi connectivity index (χ3v) is 5.55. The Kier molecular flexibility index (Phi) is 5.09. The average molecular weight is 410 g/mol. The molecule has 1 aliphatic rings. The van der Waals surface area contributed by atoms with E-state index in [0.29, 0.717) is 0 Å². The fourth-order valence-electron chi connectivity index (χ4n) is 4.45. The Labute approximate surface area is 179 Å². The van der Waals surface area contributed by atoms with Gasteiger partial charge >= 0.3 is 0 Å². The first-order chi connectivity index (χ1) is 14.9. The lowest BCUT2D eigenvalue weighted by atomic mass is 9.68. The summed E-state index contributed by atoms with van der Waals surface area (Å²) in [5.74, 6) is 0.498. The van der Waals surface area contributed by atoms with Crippen LogP contribution in [-0.4, -0.2) is 16.4 Å². The second kappa shape index (κ2) is 7.88. The van der Waals surface area contributed by atoms with Crippen LogP contribution in [0.5, 0.6) is 11.5 Å². The smallest absolute Gasteiger partial charge is 0.115 e. The molecule has 0 aliphatic heterocycles. The van der Waals surface area contributed by atoms with Crippen LogP contribution in [0.3, 0.4) is 0 Å². The van der Waals surface area contributed by atoms with E-state index in [4.69, 9.17) is 15.0 Å². The van der Waals surface area contributed by atoms with Gasteiger partial charge in [0.25, 0.3) is 0 Å². The summed E-state index contributed by atoms with van der Waals surface area (Å²) in [5, 5.41) is 36.4. The molecule has 2 N–H and O–H groups in total. The maximum atomic E-state index is 9.85. The molecule has 0 aromatic heterocycles. The molecule has 0 saturated carbocycles. The first-order valence-corrected chi connectivity index (χ1v) is 9.61. The van der Waals surface area contributed by atoms with Crippen LogP contribution in [-0.2, 0) is 5.41 Å². The van der Waals surface area contributed by atoms with E-state index in [0.717, 1.165) is 11.1 Å². The lowest BCUT2D eigenvalue weighted by molar-refractivity contribution is -0.415. The number of phenols is 2. The van der Waals surface area contributed by atoms with E-state index >= 15 is 0 Å². The van der Waals surface area contributed by atoms with Crippen molar-refractivity contribution in [3.8, 4) is 22.6 Å². The summed E-state index contributed by atoms with van der Waals surface area (Å²) in [6.45, 7) is 0.